The Morgan fingerprint density at radius 1 is 1.12 bits per heavy atom. The third kappa shape index (κ3) is 4.82. The van der Waals surface area contributed by atoms with Crippen molar-refractivity contribution in [1.82, 2.24) is 9.03 Å². The fourth-order valence-corrected chi connectivity index (χ4v) is 3.95. The largest absolute Gasteiger partial charge is 0.462 e. The smallest absolute Gasteiger partial charge is 0.338 e. The third-order valence-corrected chi connectivity index (χ3v) is 5.63. The zero-order chi connectivity index (χ0) is 18.6. The molecule has 1 atom stereocenters. The first-order chi connectivity index (χ1) is 12.4. The van der Waals surface area contributed by atoms with Gasteiger partial charge in [-0.25, -0.2) is 4.79 Å². The predicted octanol–water partition coefficient (Wildman–Crippen LogP) is 2.39. The van der Waals surface area contributed by atoms with Crippen molar-refractivity contribution in [1.29, 1.82) is 0 Å². The van der Waals surface area contributed by atoms with Crippen LogP contribution < -0.4 is 4.72 Å². The van der Waals surface area contributed by atoms with E-state index in [2.05, 4.69) is 4.72 Å². The van der Waals surface area contributed by atoms with E-state index in [1.807, 2.05) is 30.3 Å². The molecule has 2 aromatic carbocycles. The van der Waals surface area contributed by atoms with Crippen molar-refractivity contribution in [2.75, 3.05) is 13.2 Å². The molecular weight excluding hydrogens is 356 g/mol. The van der Waals surface area contributed by atoms with Gasteiger partial charge in [-0.2, -0.15) is 9.03 Å². The first-order valence-corrected chi connectivity index (χ1v) is 9.73. The van der Waals surface area contributed by atoms with Crippen molar-refractivity contribution in [2.45, 2.75) is 19.2 Å². The van der Waals surface area contributed by atoms with Crippen molar-refractivity contribution in [2.24, 2.45) is 0 Å². The molecule has 1 saturated heterocycles. The van der Waals surface area contributed by atoms with Crippen LogP contribution in [0.25, 0.3) is 0 Å². The molecule has 140 valence electrons. The Morgan fingerprint density at radius 3 is 2.38 bits per heavy atom. The van der Waals surface area contributed by atoms with Gasteiger partial charge in [-0.05, 0) is 23.3 Å². The van der Waals surface area contributed by atoms with E-state index in [1.165, 1.54) is 4.31 Å². The summed E-state index contributed by atoms with van der Waals surface area (Å²) in [7, 11) is -3.12. The molecule has 0 amide bonds. The van der Waals surface area contributed by atoms with Crippen LogP contribution >= 0.6 is 11.0 Å². The lowest BCUT2D eigenvalue weighted by atomic mass is 10.1. The Kier molecular flexibility index (Phi) is 5.92. The van der Waals surface area contributed by atoms with Gasteiger partial charge in [-0.3, -0.25) is 9.11 Å². The fraction of sp³-hybridized carbons (Fsp3) is 0.278. The second kappa shape index (κ2) is 8.17. The van der Waals surface area contributed by atoms with E-state index in [0.717, 1.165) is 11.1 Å². The summed E-state index contributed by atoms with van der Waals surface area (Å²) in [6, 6.07) is 16.4. The molecule has 0 bridgehead atoms. The number of hydrogen-bond donors (Lipinski definition) is 4. The van der Waals surface area contributed by atoms with Crippen LogP contribution in [0.2, 0.25) is 0 Å². The first kappa shape index (κ1) is 18.8. The van der Waals surface area contributed by atoms with Gasteiger partial charge >= 0.3 is 5.97 Å². The number of carbonyl (C=O) groups is 1. The van der Waals surface area contributed by atoms with Crippen molar-refractivity contribution in [3.63, 3.8) is 0 Å². The van der Waals surface area contributed by atoms with Gasteiger partial charge < -0.3 is 9.84 Å². The Bertz CT molecular complexity index is 739. The highest BCUT2D eigenvalue weighted by molar-refractivity contribution is 8.20. The van der Waals surface area contributed by atoms with Crippen molar-refractivity contribution >= 4 is 16.9 Å². The molecule has 26 heavy (non-hydrogen) atoms. The fourth-order valence-electron chi connectivity index (χ4n) is 2.68. The number of nitrogens with zero attached hydrogens (tertiary/aromatic N) is 1. The van der Waals surface area contributed by atoms with Gasteiger partial charge in [-0.15, -0.1) is 0 Å². The molecule has 0 spiro atoms. The van der Waals surface area contributed by atoms with Crippen LogP contribution in [0, 0.1) is 0 Å². The van der Waals surface area contributed by atoms with E-state index >= 15 is 0 Å². The molecule has 1 unspecified atom stereocenters. The van der Waals surface area contributed by atoms with Crippen LogP contribution in [-0.4, -0.2) is 43.9 Å². The summed E-state index contributed by atoms with van der Waals surface area (Å²) in [5.74, 6) is -0.340. The second-order valence-corrected chi connectivity index (χ2v) is 7.83. The van der Waals surface area contributed by atoms with Crippen LogP contribution in [0.1, 0.15) is 21.5 Å². The lowest BCUT2D eigenvalue weighted by Gasteiger charge is -2.35. The Hall–Kier alpha value is -1.94. The number of esters is 1. The number of benzene rings is 2. The number of rotatable bonds is 6. The highest BCUT2D eigenvalue weighted by Crippen LogP contribution is 2.44. The van der Waals surface area contributed by atoms with Crippen molar-refractivity contribution in [3.8, 4) is 0 Å². The summed E-state index contributed by atoms with van der Waals surface area (Å²) in [4.78, 5) is 11.9. The van der Waals surface area contributed by atoms with Gasteiger partial charge in [-0.1, -0.05) is 53.4 Å². The number of hydrogen-bond acceptors (Lipinski definition) is 7. The molecule has 3 rings (SSSR count). The number of ether oxygens (including phenoxy) is 1. The molecular formula is C18H22N2O5S. The van der Waals surface area contributed by atoms with Crippen molar-refractivity contribution < 1.29 is 23.7 Å². The lowest BCUT2D eigenvalue weighted by Crippen LogP contribution is -2.25. The number of nitrogens with one attached hydrogen (secondary N) is 1. The second-order valence-electron chi connectivity index (χ2n) is 6.04. The molecule has 1 heterocycles. The van der Waals surface area contributed by atoms with E-state index in [0.29, 0.717) is 18.5 Å². The molecule has 2 aromatic rings. The Morgan fingerprint density at radius 2 is 1.77 bits per heavy atom. The van der Waals surface area contributed by atoms with E-state index in [4.69, 9.17) is 4.74 Å². The maximum absolute atomic E-state index is 11.9. The summed E-state index contributed by atoms with van der Waals surface area (Å²) < 4.78 is 28.7. The summed E-state index contributed by atoms with van der Waals surface area (Å²) >= 11 is 0. The van der Waals surface area contributed by atoms with Crippen molar-refractivity contribution in [3.05, 3.63) is 71.3 Å². The van der Waals surface area contributed by atoms with Gasteiger partial charge in [0.2, 0.25) is 0 Å². The molecule has 0 aliphatic carbocycles. The van der Waals surface area contributed by atoms with Gasteiger partial charge in [0.05, 0.1) is 18.7 Å². The van der Waals surface area contributed by atoms with Gasteiger partial charge in [0.25, 0.3) is 0 Å². The van der Waals surface area contributed by atoms with E-state index in [-0.39, 0.29) is 19.1 Å². The normalized spacial score (nSPS) is 20.7. The van der Waals surface area contributed by atoms with Gasteiger partial charge in [0, 0.05) is 13.0 Å². The molecule has 8 heteroatoms. The SMILES string of the molecule is O=C(OCCc1ccc(CN2CC(O)NS2(O)O)cc1)c1ccccc1. The third-order valence-electron chi connectivity index (χ3n) is 4.05. The first-order valence-electron chi connectivity index (χ1n) is 8.23. The summed E-state index contributed by atoms with van der Waals surface area (Å²) in [6.07, 6.45) is -0.351. The number of aliphatic hydroxyl groups excluding tert-OH is 1. The zero-order valence-electron chi connectivity index (χ0n) is 14.1. The predicted molar refractivity (Wildman–Crippen MR) is 99.3 cm³/mol. The number of β-amino-alcohol motifs (C(OH)–C–C–N with tert-alkyl or cyclic N) is 1. The average Bonchev–Trinajstić information content (AvgIpc) is 2.88. The Balaban J connectivity index is 1.48. The molecule has 1 aliphatic heterocycles. The quantitative estimate of drug-likeness (QED) is 0.573. The molecule has 0 radical (unpaired) electrons. The van der Waals surface area contributed by atoms with E-state index in [1.54, 1.807) is 24.3 Å². The highest BCUT2D eigenvalue weighted by atomic mass is 32.3. The van der Waals surface area contributed by atoms with Crippen LogP contribution in [0.15, 0.2) is 54.6 Å². The van der Waals surface area contributed by atoms with Crippen LogP contribution in [0.4, 0.5) is 0 Å². The van der Waals surface area contributed by atoms with Gasteiger partial charge in [0.15, 0.2) is 0 Å². The molecule has 0 saturated carbocycles. The zero-order valence-corrected chi connectivity index (χ0v) is 14.9. The van der Waals surface area contributed by atoms with Crippen LogP contribution in [0.3, 0.4) is 0 Å². The molecule has 1 aliphatic rings. The maximum atomic E-state index is 11.9. The highest BCUT2D eigenvalue weighted by Gasteiger charge is 2.34. The summed E-state index contributed by atoms with van der Waals surface area (Å²) in [5, 5.41) is 9.49. The lowest BCUT2D eigenvalue weighted by molar-refractivity contribution is 0.0509. The van der Waals surface area contributed by atoms with E-state index in [9.17, 15) is 19.0 Å². The van der Waals surface area contributed by atoms with Crippen LogP contribution in [-0.2, 0) is 17.7 Å². The monoisotopic (exact) mass is 378 g/mol. The van der Waals surface area contributed by atoms with Crippen LogP contribution in [0.5, 0.6) is 0 Å². The number of carbonyl (C=O) groups excluding carboxylic acids is 1. The minimum Gasteiger partial charge on any atom is -0.462 e. The average molecular weight is 378 g/mol. The maximum Gasteiger partial charge on any atom is 0.338 e. The summed E-state index contributed by atoms with van der Waals surface area (Å²) in [6.45, 7) is 0.755. The Labute approximate surface area is 153 Å². The molecule has 1 fully saturated rings. The van der Waals surface area contributed by atoms with Gasteiger partial charge in [0.1, 0.15) is 6.23 Å². The molecule has 0 aromatic heterocycles. The topological polar surface area (TPSA) is 102 Å². The number of aliphatic hydroxyl groups is 1. The molecule has 4 N–H and O–H groups in total. The minimum absolute atomic E-state index is 0.152. The standard InChI is InChI=1S/C18H22N2O5S/c21-17-13-20(26(23,24)19-17)12-15-8-6-14(7-9-15)10-11-25-18(22)16-4-2-1-3-5-16/h1-9,17,19,21,23-24H,10-13H2. The summed E-state index contributed by atoms with van der Waals surface area (Å²) in [5.41, 5.74) is 2.44. The van der Waals surface area contributed by atoms with E-state index < -0.39 is 17.2 Å². The minimum atomic E-state index is -3.12. The molecule has 7 nitrogen and oxygen atoms in total.